The second kappa shape index (κ2) is 8.75. The third-order valence-corrected chi connectivity index (χ3v) is 3.74. The molecule has 3 aromatic rings. The van der Waals surface area contributed by atoms with Gasteiger partial charge in [0.15, 0.2) is 0 Å². The van der Waals surface area contributed by atoms with E-state index in [2.05, 4.69) is 15.4 Å². The Labute approximate surface area is 156 Å². The Morgan fingerprint density at radius 2 is 2.04 bits per heavy atom. The van der Waals surface area contributed by atoms with Crippen molar-refractivity contribution in [3.8, 4) is 5.75 Å². The van der Waals surface area contributed by atoms with Gasteiger partial charge in [-0.3, -0.25) is 14.6 Å². The molecule has 1 amide bonds. The topological polar surface area (TPSA) is 86.1 Å². The smallest absolute Gasteiger partial charge is 0.276 e. The first-order chi connectivity index (χ1) is 13.2. The average molecular weight is 364 g/mol. The van der Waals surface area contributed by atoms with Crippen molar-refractivity contribution >= 4 is 11.6 Å². The van der Waals surface area contributed by atoms with E-state index < -0.39 is 0 Å². The number of nitrogens with zero attached hydrogens (tertiary/aromatic N) is 3. The van der Waals surface area contributed by atoms with Gasteiger partial charge in [-0.05, 0) is 36.8 Å². The molecule has 1 aromatic carbocycles. The van der Waals surface area contributed by atoms with E-state index in [1.54, 1.807) is 30.5 Å². The van der Waals surface area contributed by atoms with Gasteiger partial charge < -0.3 is 10.1 Å². The minimum absolute atomic E-state index is 0.183. The molecule has 0 bridgehead atoms. The number of anilines is 1. The van der Waals surface area contributed by atoms with Gasteiger partial charge in [-0.1, -0.05) is 19.1 Å². The van der Waals surface area contributed by atoms with E-state index in [0.717, 1.165) is 12.1 Å². The molecule has 7 heteroatoms. The molecular formula is C20H20N4O3. The average Bonchev–Trinajstić information content (AvgIpc) is 2.69. The number of benzene rings is 1. The van der Waals surface area contributed by atoms with Crippen molar-refractivity contribution in [3.63, 3.8) is 0 Å². The monoisotopic (exact) mass is 364 g/mol. The molecule has 2 aromatic heterocycles. The highest BCUT2D eigenvalue weighted by Gasteiger charge is 2.10. The van der Waals surface area contributed by atoms with E-state index in [1.165, 1.54) is 16.8 Å². The summed E-state index contributed by atoms with van der Waals surface area (Å²) in [6.45, 7) is 2.75. The van der Waals surface area contributed by atoms with Crippen LogP contribution in [0.1, 0.15) is 29.5 Å². The fourth-order valence-corrected chi connectivity index (χ4v) is 2.44. The first-order valence-electron chi connectivity index (χ1n) is 8.68. The maximum Gasteiger partial charge on any atom is 0.276 e. The Balaban J connectivity index is 1.67. The van der Waals surface area contributed by atoms with Crippen LogP contribution < -0.4 is 15.6 Å². The molecule has 0 saturated heterocycles. The lowest BCUT2D eigenvalue weighted by Gasteiger charge is -2.09. The van der Waals surface area contributed by atoms with Crippen molar-refractivity contribution in [2.75, 3.05) is 5.32 Å². The van der Waals surface area contributed by atoms with Crippen LogP contribution in [0.3, 0.4) is 0 Å². The molecule has 0 atom stereocenters. The first-order valence-corrected chi connectivity index (χ1v) is 8.68. The van der Waals surface area contributed by atoms with E-state index >= 15 is 0 Å². The SMILES string of the molecule is CCCn1nc(C(=O)Nc2cccc(OCc3ccccn3)c2)ccc1=O. The third kappa shape index (κ3) is 5.01. The molecule has 0 radical (unpaired) electrons. The van der Waals surface area contributed by atoms with Gasteiger partial charge in [0.05, 0.1) is 5.69 Å². The van der Waals surface area contributed by atoms with E-state index in [1.807, 2.05) is 25.1 Å². The van der Waals surface area contributed by atoms with Crippen LogP contribution in [-0.2, 0) is 13.2 Å². The highest BCUT2D eigenvalue weighted by atomic mass is 16.5. The van der Waals surface area contributed by atoms with Crippen LogP contribution in [0.4, 0.5) is 5.69 Å². The van der Waals surface area contributed by atoms with E-state index in [9.17, 15) is 9.59 Å². The highest BCUT2D eigenvalue weighted by molar-refractivity contribution is 6.02. The molecular weight excluding hydrogens is 344 g/mol. The van der Waals surface area contributed by atoms with Crippen LogP contribution in [0.5, 0.6) is 5.75 Å². The number of pyridine rings is 1. The lowest BCUT2D eigenvalue weighted by Crippen LogP contribution is -2.26. The van der Waals surface area contributed by atoms with Gasteiger partial charge >= 0.3 is 0 Å². The Bertz CT molecular complexity index is 970. The number of amides is 1. The largest absolute Gasteiger partial charge is 0.487 e. The predicted molar refractivity (Wildman–Crippen MR) is 102 cm³/mol. The van der Waals surface area contributed by atoms with Gasteiger partial charge in [0, 0.05) is 30.6 Å². The zero-order valence-corrected chi connectivity index (χ0v) is 15.0. The fourth-order valence-electron chi connectivity index (χ4n) is 2.44. The van der Waals surface area contributed by atoms with E-state index in [4.69, 9.17) is 4.74 Å². The Hall–Kier alpha value is -3.48. The zero-order valence-electron chi connectivity index (χ0n) is 15.0. The standard InChI is InChI=1S/C20H20N4O3/c1-2-12-24-19(25)10-9-18(23-24)20(26)22-15-7-5-8-17(13-15)27-14-16-6-3-4-11-21-16/h3-11,13H,2,12,14H2,1H3,(H,22,26). The van der Waals surface area contributed by atoms with Crippen molar-refractivity contribution in [2.24, 2.45) is 0 Å². The summed E-state index contributed by atoms with van der Waals surface area (Å²) in [4.78, 5) is 28.4. The molecule has 27 heavy (non-hydrogen) atoms. The Morgan fingerprint density at radius 1 is 1.15 bits per heavy atom. The second-order valence-electron chi connectivity index (χ2n) is 5.87. The van der Waals surface area contributed by atoms with Crippen molar-refractivity contribution in [1.29, 1.82) is 0 Å². The van der Waals surface area contributed by atoms with Gasteiger partial charge in [-0.25, -0.2) is 4.68 Å². The number of ether oxygens (including phenoxy) is 1. The second-order valence-corrected chi connectivity index (χ2v) is 5.87. The van der Waals surface area contributed by atoms with Gasteiger partial charge in [-0.2, -0.15) is 5.10 Å². The summed E-state index contributed by atoms with van der Waals surface area (Å²) in [5.41, 5.74) is 1.35. The van der Waals surface area contributed by atoms with Crippen molar-refractivity contribution in [1.82, 2.24) is 14.8 Å². The molecule has 1 N–H and O–H groups in total. The van der Waals surface area contributed by atoms with Gasteiger partial charge in [-0.15, -0.1) is 0 Å². The number of carbonyl (C=O) groups is 1. The lowest BCUT2D eigenvalue weighted by molar-refractivity contribution is 0.101. The van der Waals surface area contributed by atoms with E-state index in [0.29, 0.717) is 24.6 Å². The van der Waals surface area contributed by atoms with Crippen molar-refractivity contribution in [2.45, 2.75) is 26.5 Å². The summed E-state index contributed by atoms with van der Waals surface area (Å²) in [6.07, 6.45) is 2.47. The Kier molecular flexibility index (Phi) is 5.94. The summed E-state index contributed by atoms with van der Waals surface area (Å²) in [5.74, 6) is 0.226. The highest BCUT2D eigenvalue weighted by Crippen LogP contribution is 2.18. The quantitative estimate of drug-likeness (QED) is 0.697. The molecule has 0 spiro atoms. The van der Waals surface area contributed by atoms with E-state index in [-0.39, 0.29) is 17.2 Å². The summed E-state index contributed by atoms with van der Waals surface area (Å²) in [5, 5.41) is 6.88. The number of nitrogens with one attached hydrogen (secondary N) is 1. The summed E-state index contributed by atoms with van der Waals surface area (Å²) in [6, 6.07) is 15.5. The van der Waals surface area contributed by atoms with Gasteiger partial charge in [0.1, 0.15) is 18.1 Å². The predicted octanol–water partition coefficient (Wildman–Crippen LogP) is 2.88. The van der Waals surface area contributed by atoms with Crippen LogP contribution in [0.2, 0.25) is 0 Å². The number of aryl methyl sites for hydroxylation is 1. The minimum Gasteiger partial charge on any atom is -0.487 e. The lowest BCUT2D eigenvalue weighted by atomic mass is 10.2. The maximum atomic E-state index is 12.4. The third-order valence-electron chi connectivity index (χ3n) is 3.74. The fraction of sp³-hybridized carbons (Fsp3) is 0.200. The normalized spacial score (nSPS) is 10.4. The summed E-state index contributed by atoms with van der Waals surface area (Å²) in [7, 11) is 0. The van der Waals surface area contributed by atoms with Crippen molar-refractivity contribution < 1.29 is 9.53 Å². The zero-order chi connectivity index (χ0) is 19.1. The van der Waals surface area contributed by atoms with Crippen molar-refractivity contribution in [3.05, 3.63) is 82.5 Å². The number of carbonyl (C=O) groups excluding carboxylic acids is 1. The molecule has 0 saturated carbocycles. The summed E-state index contributed by atoms with van der Waals surface area (Å²) >= 11 is 0. The molecule has 0 fully saturated rings. The number of hydrogen-bond donors (Lipinski definition) is 1. The summed E-state index contributed by atoms with van der Waals surface area (Å²) < 4.78 is 7.00. The van der Waals surface area contributed by atoms with Crippen LogP contribution in [0, 0.1) is 0 Å². The molecule has 0 unspecified atom stereocenters. The first kappa shape index (κ1) is 18.3. The minimum atomic E-state index is -0.387. The number of rotatable bonds is 7. The Morgan fingerprint density at radius 3 is 2.81 bits per heavy atom. The number of hydrogen-bond acceptors (Lipinski definition) is 5. The van der Waals surface area contributed by atoms with Crippen LogP contribution in [-0.4, -0.2) is 20.7 Å². The van der Waals surface area contributed by atoms with Crippen LogP contribution in [0.25, 0.3) is 0 Å². The molecule has 0 aliphatic carbocycles. The molecule has 7 nitrogen and oxygen atoms in total. The molecule has 3 rings (SSSR count). The molecule has 0 aliphatic rings. The number of aromatic nitrogens is 3. The molecule has 0 aliphatic heterocycles. The van der Waals surface area contributed by atoms with Gasteiger partial charge in [0.25, 0.3) is 11.5 Å². The van der Waals surface area contributed by atoms with Crippen LogP contribution in [0.15, 0.2) is 65.6 Å². The molecule has 2 heterocycles. The molecule has 138 valence electrons. The maximum absolute atomic E-state index is 12.4. The van der Waals surface area contributed by atoms with Gasteiger partial charge in [0.2, 0.25) is 0 Å². The van der Waals surface area contributed by atoms with Crippen LogP contribution >= 0.6 is 0 Å².